The highest BCUT2D eigenvalue weighted by Crippen LogP contribution is 2.63. The summed E-state index contributed by atoms with van der Waals surface area (Å²) in [5, 5.41) is 4.63. The van der Waals surface area contributed by atoms with Crippen molar-refractivity contribution in [3.05, 3.63) is 34.9 Å². The molecule has 1 N–H and O–H groups in total. The number of halogens is 1. The van der Waals surface area contributed by atoms with E-state index in [1.54, 1.807) is 0 Å². The van der Waals surface area contributed by atoms with Gasteiger partial charge in [0.15, 0.2) is 0 Å². The number of benzene rings is 1. The van der Waals surface area contributed by atoms with Crippen LogP contribution in [0.5, 0.6) is 0 Å². The summed E-state index contributed by atoms with van der Waals surface area (Å²) in [4.78, 5) is 0. The lowest BCUT2D eigenvalue weighted by Gasteiger charge is -2.19. The molecular weight excluding hydrogens is 242 g/mol. The summed E-state index contributed by atoms with van der Waals surface area (Å²) in [5.41, 5.74) is 2.04. The van der Waals surface area contributed by atoms with Crippen molar-refractivity contribution < 1.29 is 0 Å². The van der Waals surface area contributed by atoms with E-state index >= 15 is 0 Å². The van der Waals surface area contributed by atoms with E-state index in [1.807, 2.05) is 12.1 Å². The second-order valence-corrected chi connectivity index (χ2v) is 7.00. The van der Waals surface area contributed by atoms with E-state index in [4.69, 9.17) is 11.6 Å². The third-order valence-corrected chi connectivity index (χ3v) is 5.28. The molecule has 1 saturated carbocycles. The van der Waals surface area contributed by atoms with Crippen LogP contribution in [0.25, 0.3) is 0 Å². The molecule has 1 aliphatic carbocycles. The third-order valence-electron chi connectivity index (χ3n) is 5.05. The molecular formula is C16H24ClN. The molecule has 1 fully saturated rings. The van der Waals surface area contributed by atoms with Crippen molar-refractivity contribution in [2.75, 3.05) is 0 Å². The van der Waals surface area contributed by atoms with Gasteiger partial charge in [0.1, 0.15) is 0 Å². The van der Waals surface area contributed by atoms with E-state index < -0.39 is 0 Å². The Labute approximate surface area is 116 Å². The predicted molar refractivity (Wildman–Crippen MR) is 79.0 cm³/mol. The molecule has 0 amide bonds. The van der Waals surface area contributed by atoms with Crippen molar-refractivity contribution >= 4 is 11.6 Å². The van der Waals surface area contributed by atoms with Gasteiger partial charge >= 0.3 is 0 Å². The van der Waals surface area contributed by atoms with Crippen molar-refractivity contribution in [3.8, 4) is 0 Å². The number of nitrogens with one attached hydrogen (secondary N) is 1. The predicted octanol–water partition coefficient (Wildman–Crippen LogP) is 4.82. The van der Waals surface area contributed by atoms with Crippen molar-refractivity contribution in [2.45, 2.75) is 53.1 Å². The minimum Gasteiger partial charge on any atom is -0.306 e. The zero-order valence-corrected chi connectivity index (χ0v) is 12.8. The largest absolute Gasteiger partial charge is 0.306 e. The highest BCUT2D eigenvalue weighted by atomic mass is 35.5. The van der Waals surface area contributed by atoms with E-state index in [2.05, 4.69) is 52.1 Å². The molecule has 0 saturated heterocycles. The lowest BCUT2D eigenvalue weighted by atomic mass is 10.0. The molecule has 2 heteroatoms. The smallest absolute Gasteiger partial charge is 0.0409 e. The molecule has 0 heterocycles. The molecule has 1 aliphatic rings. The Bertz CT molecular complexity index is 422. The molecule has 100 valence electrons. The Kier molecular flexibility index (Phi) is 3.50. The van der Waals surface area contributed by atoms with Crippen LogP contribution in [0.2, 0.25) is 5.02 Å². The lowest BCUT2D eigenvalue weighted by Crippen LogP contribution is -2.27. The minimum absolute atomic E-state index is 0.374. The Balaban J connectivity index is 2.13. The molecule has 1 aromatic carbocycles. The quantitative estimate of drug-likeness (QED) is 0.823. The first-order valence-corrected chi connectivity index (χ1v) is 7.20. The van der Waals surface area contributed by atoms with Crippen LogP contribution in [0.4, 0.5) is 0 Å². The fourth-order valence-electron chi connectivity index (χ4n) is 2.99. The Hall–Kier alpha value is -0.530. The third kappa shape index (κ3) is 2.19. The summed E-state index contributed by atoms with van der Waals surface area (Å²) in [7, 11) is 0. The maximum atomic E-state index is 6.08. The summed E-state index contributed by atoms with van der Waals surface area (Å²) in [5.74, 6) is 0. The monoisotopic (exact) mass is 265 g/mol. The molecule has 0 aliphatic heterocycles. The number of hydrogen-bond acceptors (Lipinski definition) is 1. The van der Waals surface area contributed by atoms with Crippen LogP contribution in [0, 0.1) is 10.8 Å². The number of hydrogen-bond donors (Lipinski definition) is 1. The fourth-order valence-corrected chi connectivity index (χ4v) is 3.19. The molecule has 0 aromatic heterocycles. The summed E-state index contributed by atoms with van der Waals surface area (Å²) in [6.45, 7) is 11.6. The highest BCUT2D eigenvalue weighted by Gasteiger charge is 2.64. The lowest BCUT2D eigenvalue weighted by molar-refractivity contribution is 0.457. The van der Waals surface area contributed by atoms with Crippen molar-refractivity contribution in [2.24, 2.45) is 10.8 Å². The van der Waals surface area contributed by atoms with Gasteiger partial charge in [0, 0.05) is 17.1 Å². The first-order valence-electron chi connectivity index (χ1n) is 6.82. The summed E-state index contributed by atoms with van der Waals surface area (Å²) < 4.78 is 0. The van der Waals surface area contributed by atoms with Crippen molar-refractivity contribution in [1.29, 1.82) is 0 Å². The Morgan fingerprint density at radius 3 is 2.28 bits per heavy atom. The molecule has 1 aromatic rings. The SMILES string of the molecule is CCC(NC1C(C)(C)C1(C)C)c1cccc(Cl)c1. The van der Waals surface area contributed by atoms with Crippen LogP contribution in [-0.4, -0.2) is 6.04 Å². The average Bonchev–Trinajstić information content (AvgIpc) is 2.67. The van der Waals surface area contributed by atoms with Gasteiger partial charge in [-0.2, -0.15) is 0 Å². The Morgan fingerprint density at radius 1 is 1.22 bits per heavy atom. The van der Waals surface area contributed by atoms with Crippen LogP contribution in [0.3, 0.4) is 0 Å². The van der Waals surface area contributed by atoms with Crippen LogP contribution in [-0.2, 0) is 0 Å². The van der Waals surface area contributed by atoms with Crippen LogP contribution in [0.1, 0.15) is 52.6 Å². The first kappa shape index (κ1) is 13.9. The molecule has 1 atom stereocenters. The molecule has 1 unspecified atom stereocenters. The maximum absolute atomic E-state index is 6.08. The fraction of sp³-hybridized carbons (Fsp3) is 0.625. The van der Waals surface area contributed by atoms with Gasteiger partial charge in [-0.1, -0.05) is 58.4 Å². The average molecular weight is 266 g/mol. The molecule has 1 nitrogen and oxygen atoms in total. The van der Waals surface area contributed by atoms with E-state index in [-0.39, 0.29) is 0 Å². The van der Waals surface area contributed by atoms with E-state index in [9.17, 15) is 0 Å². The topological polar surface area (TPSA) is 12.0 Å². The molecule has 0 radical (unpaired) electrons. The zero-order chi connectivity index (χ0) is 13.6. The van der Waals surface area contributed by atoms with Gasteiger partial charge in [-0.3, -0.25) is 0 Å². The van der Waals surface area contributed by atoms with Gasteiger partial charge in [-0.05, 0) is 34.9 Å². The summed E-state index contributed by atoms with van der Waals surface area (Å²) in [6, 6.07) is 9.18. The standard InChI is InChI=1S/C16H24ClN/c1-6-13(11-8-7-9-12(17)10-11)18-14-15(2,3)16(14,4)5/h7-10,13-14,18H,6H2,1-5H3. The van der Waals surface area contributed by atoms with Gasteiger partial charge < -0.3 is 5.32 Å². The number of rotatable bonds is 4. The van der Waals surface area contributed by atoms with Crippen molar-refractivity contribution in [1.82, 2.24) is 5.32 Å². The van der Waals surface area contributed by atoms with Gasteiger partial charge in [-0.25, -0.2) is 0 Å². The summed E-state index contributed by atoms with van der Waals surface area (Å²) >= 11 is 6.08. The second kappa shape index (κ2) is 4.54. The zero-order valence-electron chi connectivity index (χ0n) is 12.0. The molecule has 2 rings (SSSR count). The van der Waals surface area contributed by atoms with E-state index in [1.165, 1.54) is 5.56 Å². The Morgan fingerprint density at radius 2 is 1.83 bits per heavy atom. The summed E-state index contributed by atoms with van der Waals surface area (Å²) in [6.07, 6.45) is 1.09. The normalized spacial score (nSPS) is 22.8. The van der Waals surface area contributed by atoms with Gasteiger partial charge in [0.25, 0.3) is 0 Å². The van der Waals surface area contributed by atoms with Gasteiger partial charge in [0.05, 0.1) is 0 Å². The van der Waals surface area contributed by atoms with Crippen LogP contribution < -0.4 is 5.32 Å². The maximum Gasteiger partial charge on any atom is 0.0409 e. The van der Waals surface area contributed by atoms with E-state index in [0.29, 0.717) is 22.9 Å². The minimum atomic E-state index is 0.374. The van der Waals surface area contributed by atoms with Crippen LogP contribution in [0.15, 0.2) is 24.3 Å². The molecule has 0 bridgehead atoms. The second-order valence-electron chi connectivity index (χ2n) is 6.56. The van der Waals surface area contributed by atoms with Crippen molar-refractivity contribution in [3.63, 3.8) is 0 Å². The van der Waals surface area contributed by atoms with Crippen LogP contribution >= 0.6 is 11.6 Å². The molecule has 0 spiro atoms. The van der Waals surface area contributed by atoms with Gasteiger partial charge in [0.2, 0.25) is 0 Å². The highest BCUT2D eigenvalue weighted by molar-refractivity contribution is 6.30. The first-order chi connectivity index (χ1) is 8.30. The molecule has 18 heavy (non-hydrogen) atoms. The van der Waals surface area contributed by atoms with E-state index in [0.717, 1.165) is 11.4 Å². The van der Waals surface area contributed by atoms with Gasteiger partial charge in [-0.15, -0.1) is 0 Å².